The molecule has 30 heavy (non-hydrogen) atoms. The number of hydrogen-bond donors (Lipinski definition) is 3. The molecule has 1 saturated carbocycles. The van der Waals surface area contributed by atoms with E-state index in [0.29, 0.717) is 17.1 Å². The molecule has 1 fully saturated rings. The van der Waals surface area contributed by atoms with Crippen LogP contribution in [0.4, 0.5) is 17.6 Å². The highest BCUT2D eigenvalue weighted by Crippen LogP contribution is 2.40. The molecule has 1 unspecified atom stereocenters. The van der Waals surface area contributed by atoms with Gasteiger partial charge in [0.2, 0.25) is 5.95 Å². The summed E-state index contributed by atoms with van der Waals surface area (Å²) in [6.45, 7) is 2.78. The van der Waals surface area contributed by atoms with Gasteiger partial charge in [-0.05, 0) is 43.9 Å². The first-order valence-corrected chi connectivity index (χ1v) is 11.4. The average molecular weight is 439 g/mol. The lowest BCUT2D eigenvalue weighted by molar-refractivity contribution is 0.907. The van der Waals surface area contributed by atoms with Crippen LogP contribution in [0.5, 0.6) is 0 Å². The van der Waals surface area contributed by atoms with E-state index < -0.39 is 0 Å². The fourth-order valence-corrected chi connectivity index (χ4v) is 4.80. The van der Waals surface area contributed by atoms with Crippen LogP contribution in [0.3, 0.4) is 0 Å². The van der Waals surface area contributed by atoms with E-state index in [1.165, 1.54) is 29.0 Å². The van der Waals surface area contributed by atoms with Gasteiger partial charge < -0.3 is 10.6 Å². The summed E-state index contributed by atoms with van der Waals surface area (Å²) in [4.78, 5) is 10.5. The quantitative estimate of drug-likeness (QED) is 0.436. The maximum Gasteiger partial charge on any atom is 0.224 e. The number of allylic oxidation sites excluding steroid dienone is 1. The van der Waals surface area contributed by atoms with Gasteiger partial charge in [0.25, 0.3) is 0 Å². The number of nitrogens with zero attached hydrogens (tertiary/aromatic N) is 3. The molecule has 154 valence electrons. The molecule has 3 heterocycles. The van der Waals surface area contributed by atoms with Crippen molar-refractivity contribution in [3.05, 3.63) is 64.4 Å². The Bertz CT molecular complexity index is 1070. The smallest absolute Gasteiger partial charge is 0.224 e. The van der Waals surface area contributed by atoms with Crippen LogP contribution in [0, 0.1) is 6.92 Å². The molecule has 0 radical (unpaired) electrons. The van der Waals surface area contributed by atoms with Crippen molar-refractivity contribution >= 4 is 45.9 Å². The fraction of sp³-hybridized carbons (Fsp3) is 0.318. The number of aryl methyl sites for hydroxylation is 1. The number of nitrogens with one attached hydrogen (secondary N) is 3. The van der Waals surface area contributed by atoms with Gasteiger partial charge in [0.1, 0.15) is 5.82 Å². The van der Waals surface area contributed by atoms with E-state index in [1.54, 1.807) is 0 Å². The SMILES string of the molecule is Cc1cc(Nc2cc(C3CC3)[nH]n2)nc(NCC2CC=C(c3ccc(Cl)cc3)S2)n1. The molecule has 3 N–H and O–H groups in total. The molecule has 0 saturated heterocycles. The highest BCUT2D eigenvalue weighted by molar-refractivity contribution is 8.09. The van der Waals surface area contributed by atoms with Crippen LogP contribution >= 0.6 is 23.4 Å². The Morgan fingerprint density at radius 3 is 2.77 bits per heavy atom. The van der Waals surface area contributed by atoms with Gasteiger partial charge in [0, 0.05) is 51.2 Å². The van der Waals surface area contributed by atoms with Crippen LogP contribution in [0.15, 0.2) is 42.5 Å². The summed E-state index contributed by atoms with van der Waals surface area (Å²) in [5.41, 5.74) is 3.32. The van der Waals surface area contributed by atoms with E-state index in [2.05, 4.69) is 55.1 Å². The van der Waals surface area contributed by atoms with Crippen LogP contribution in [-0.2, 0) is 0 Å². The number of benzene rings is 1. The number of halogens is 1. The minimum absolute atomic E-state index is 0.448. The summed E-state index contributed by atoms with van der Waals surface area (Å²) in [7, 11) is 0. The Hall–Kier alpha value is -2.51. The second kappa shape index (κ2) is 8.32. The van der Waals surface area contributed by atoms with E-state index in [-0.39, 0.29) is 0 Å². The van der Waals surface area contributed by atoms with Crippen LogP contribution in [0.1, 0.15) is 42.1 Å². The van der Waals surface area contributed by atoms with Crippen LogP contribution < -0.4 is 10.6 Å². The first-order valence-electron chi connectivity index (χ1n) is 10.2. The Labute approximate surface area is 184 Å². The molecule has 1 aliphatic heterocycles. The molecule has 1 atom stereocenters. The molecule has 2 aliphatic rings. The third-order valence-corrected chi connectivity index (χ3v) is 6.80. The topological polar surface area (TPSA) is 78.5 Å². The van der Waals surface area contributed by atoms with Crippen molar-refractivity contribution in [3.63, 3.8) is 0 Å². The van der Waals surface area contributed by atoms with E-state index in [4.69, 9.17) is 11.6 Å². The number of aromatic nitrogens is 4. The third kappa shape index (κ3) is 4.63. The van der Waals surface area contributed by atoms with Gasteiger partial charge in [-0.1, -0.05) is 29.8 Å². The molecule has 0 bridgehead atoms. The summed E-state index contributed by atoms with van der Waals surface area (Å²) in [5.74, 6) is 2.82. The number of rotatable bonds is 7. The molecular formula is C22H23ClN6S. The summed E-state index contributed by atoms with van der Waals surface area (Å²) in [6, 6.07) is 12.0. The second-order valence-electron chi connectivity index (χ2n) is 7.76. The zero-order valence-electron chi connectivity index (χ0n) is 16.7. The van der Waals surface area contributed by atoms with E-state index in [0.717, 1.165) is 35.3 Å². The standard InChI is InChI=1S/C22H23ClN6S/c1-13-10-20(26-21-11-18(28-29-21)14-2-3-14)27-22(25-13)24-12-17-8-9-19(30-17)15-4-6-16(23)7-5-15/h4-7,9-11,14,17H,2-3,8,12H2,1H3,(H3,24,25,26,27,28,29). The van der Waals surface area contributed by atoms with Crippen molar-refractivity contribution < 1.29 is 0 Å². The molecule has 1 aromatic carbocycles. The predicted octanol–water partition coefficient (Wildman–Crippen LogP) is 5.74. The van der Waals surface area contributed by atoms with Gasteiger partial charge in [-0.25, -0.2) is 4.98 Å². The van der Waals surface area contributed by atoms with Gasteiger partial charge in [0.05, 0.1) is 0 Å². The lowest BCUT2D eigenvalue weighted by Crippen LogP contribution is -2.16. The van der Waals surface area contributed by atoms with Crippen molar-refractivity contribution in [1.82, 2.24) is 20.2 Å². The molecule has 0 spiro atoms. The second-order valence-corrected chi connectivity index (χ2v) is 9.54. The summed E-state index contributed by atoms with van der Waals surface area (Å²) in [5, 5.41) is 15.4. The zero-order chi connectivity index (χ0) is 20.5. The largest absolute Gasteiger partial charge is 0.353 e. The van der Waals surface area contributed by atoms with Gasteiger partial charge in [-0.15, -0.1) is 11.8 Å². The van der Waals surface area contributed by atoms with Gasteiger partial charge in [-0.2, -0.15) is 10.1 Å². The lowest BCUT2D eigenvalue weighted by atomic mass is 10.2. The van der Waals surface area contributed by atoms with E-state index in [9.17, 15) is 0 Å². The van der Waals surface area contributed by atoms with Crippen LogP contribution in [-0.4, -0.2) is 32.0 Å². The average Bonchev–Trinajstić information content (AvgIpc) is 3.29. The Morgan fingerprint density at radius 1 is 1.13 bits per heavy atom. The van der Waals surface area contributed by atoms with Crippen molar-refractivity contribution in [2.45, 2.75) is 37.4 Å². The van der Waals surface area contributed by atoms with Crippen LogP contribution in [0.25, 0.3) is 4.91 Å². The van der Waals surface area contributed by atoms with Gasteiger partial charge >= 0.3 is 0 Å². The first-order chi connectivity index (χ1) is 14.6. The molecule has 8 heteroatoms. The molecule has 1 aliphatic carbocycles. The summed E-state index contributed by atoms with van der Waals surface area (Å²) in [6.07, 6.45) is 5.80. The van der Waals surface area contributed by atoms with Crippen molar-refractivity contribution in [3.8, 4) is 0 Å². The molecule has 5 rings (SSSR count). The first kappa shape index (κ1) is 19.5. The fourth-order valence-electron chi connectivity index (χ4n) is 3.49. The number of H-pyrrole nitrogens is 1. The predicted molar refractivity (Wildman–Crippen MR) is 125 cm³/mol. The minimum atomic E-state index is 0.448. The Kier molecular flexibility index (Phi) is 5.39. The molecule has 6 nitrogen and oxygen atoms in total. The van der Waals surface area contributed by atoms with Gasteiger partial charge in [0.15, 0.2) is 5.82 Å². The number of hydrogen-bond acceptors (Lipinski definition) is 6. The monoisotopic (exact) mass is 438 g/mol. The summed E-state index contributed by atoms with van der Waals surface area (Å²) >= 11 is 7.88. The maximum atomic E-state index is 6.00. The Morgan fingerprint density at radius 2 is 1.97 bits per heavy atom. The number of thioether (sulfide) groups is 1. The molecular weight excluding hydrogens is 416 g/mol. The highest BCUT2D eigenvalue weighted by atomic mass is 35.5. The maximum absolute atomic E-state index is 6.00. The molecule has 3 aromatic rings. The summed E-state index contributed by atoms with van der Waals surface area (Å²) < 4.78 is 0. The highest BCUT2D eigenvalue weighted by Gasteiger charge is 2.25. The lowest BCUT2D eigenvalue weighted by Gasteiger charge is -2.13. The Balaban J connectivity index is 1.18. The number of aromatic amines is 1. The van der Waals surface area contributed by atoms with Gasteiger partial charge in [-0.3, -0.25) is 5.10 Å². The third-order valence-electron chi connectivity index (χ3n) is 5.20. The molecule has 2 aromatic heterocycles. The van der Waals surface area contributed by atoms with Crippen molar-refractivity contribution in [1.29, 1.82) is 0 Å². The van der Waals surface area contributed by atoms with E-state index >= 15 is 0 Å². The van der Waals surface area contributed by atoms with Crippen LogP contribution in [0.2, 0.25) is 5.02 Å². The van der Waals surface area contributed by atoms with Crippen molar-refractivity contribution in [2.75, 3.05) is 17.2 Å². The molecule has 0 amide bonds. The minimum Gasteiger partial charge on any atom is -0.353 e. The number of anilines is 3. The normalized spacial score (nSPS) is 18.3. The van der Waals surface area contributed by atoms with Crippen molar-refractivity contribution in [2.24, 2.45) is 0 Å². The van der Waals surface area contributed by atoms with E-state index in [1.807, 2.05) is 36.9 Å². The zero-order valence-corrected chi connectivity index (χ0v) is 18.2.